The fraction of sp³-hybridized carbons (Fsp3) is 0.857. The van der Waals surface area contributed by atoms with Gasteiger partial charge in [0, 0.05) is 0 Å². The van der Waals surface area contributed by atoms with E-state index in [1.54, 1.807) is 6.92 Å². The topological polar surface area (TPSA) is 74.6 Å². The van der Waals surface area contributed by atoms with Gasteiger partial charge in [-0.2, -0.15) is 0 Å². The first-order valence-corrected chi connectivity index (χ1v) is 6.55. The molecule has 0 rings (SSSR count). The van der Waals surface area contributed by atoms with Crippen LogP contribution in [0.5, 0.6) is 0 Å². The zero-order valence-electron chi connectivity index (χ0n) is 12.1. The first-order chi connectivity index (χ1) is 8.10. The minimum atomic E-state index is -1.32. The van der Waals surface area contributed by atoms with Gasteiger partial charge >= 0.3 is 11.9 Å². The van der Waals surface area contributed by atoms with Crippen LogP contribution < -0.4 is 0 Å². The van der Waals surface area contributed by atoms with E-state index < -0.39 is 23.3 Å². The Balaban J connectivity index is 5.14. The zero-order valence-corrected chi connectivity index (χ0v) is 12.1. The van der Waals surface area contributed by atoms with Gasteiger partial charge < -0.3 is 10.2 Å². The van der Waals surface area contributed by atoms with Gasteiger partial charge in [-0.3, -0.25) is 9.59 Å². The second-order valence-corrected chi connectivity index (χ2v) is 6.29. The largest absolute Gasteiger partial charge is 0.481 e. The highest BCUT2D eigenvalue weighted by Gasteiger charge is 2.44. The molecule has 0 aromatic heterocycles. The minimum absolute atomic E-state index is 0.281. The summed E-state index contributed by atoms with van der Waals surface area (Å²) in [7, 11) is 0. The summed E-state index contributed by atoms with van der Waals surface area (Å²) in [6.45, 7) is 9.91. The van der Waals surface area contributed by atoms with Crippen LogP contribution in [0.4, 0.5) is 0 Å². The monoisotopic (exact) mass is 258 g/mol. The SMILES string of the molecule is CC(C)CCC(C)(CC(C)C)C(C(=O)O)C(=O)O. The van der Waals surface area contributed by atoms with Crippen LogP contribution in [0.2, 0.25) is 0 Å². The van der Waals surface area contributed by atoms with Crippen molar-refractivity contribution < 1.29 is 19.8 Å². The molecule has 2 N–H and O–H groups in total. The highest BCUT2D eigenvalue weighted by Crippen LogP contribution is 2.40. The predicted octanol–water partition coefficient (Wildman–Crippen LogP) is 3.26. The van der Waals surface area contributed by atoms with Gasteiger partial charge in [0.15, 0.2) is 5.92 Å². The number of carboxylic acid groups (broad SMARTS) is 2. The lowest BCUT2D eigenvalue weighted by Crippen LogP contribution is -2.40. The molecule has 4 heteroatoms. The molecule has 0 aliphatic carbocycles. The standard InChI is InChI=1S/C14H26O4/c1-9(2)6-7-14(5,8-10(3)4)11(12(15)16)13(17)18/h9-11H,6-8H2,1-5H3,(H,15,16)(H,17,18). The molecule has 0 amide bonds. The first kappa shape index (κ1) is 16.9. The van der Waals surface area contributed by atoms with Crippen LogP contribution in [0.1, 0.15) is 53.9 Å². The molecule has 0 aliphatic rings. The smallest absolute Gasteiger partial charge is 0.318 e. The minimum Gasteiger partial charge on any atom is -0.481 e. The predicted molar refractivity (Wildman–Crippen MR) is 70.4 cm³/mol. The lowest BCUT2D eigenvalue weighted by atomic mass is 9.68. The quantitative estimate of drug-likeness (QED) is 0.655. The average molecular weight is 258 g/mol. The van der Waals surface area contributed by atoms with Crippen LogP contribution in [0.25, 0.3) is 0 Å². The van der Waals surface area contributed by atoms with Crippen molar-refractivity contribution in [2.45, 2.75) is 53.9 Å². The Morgan fingerprint density at radius 3 is 1.72 bits per heavy atom. The summed E-state index contributed by atoms with van der Waals surface area (Å²) in [6, 6.07) is 0. The van der Waals surface area contributed by atoms with Gasteiger partial charge in [-0.05, 0) is 30.1 Å². The molecule has 0 radical (unpaired) electrons. The Kier molecular flexibility index (Phi) is 6.36. The Morgan fingerprint density at radius 2 is 1.44 bits per heavy atom. The van der Waals surface area contributed by atoms with Crippen molar-refractivity contribution in [3.05, 3.63) is 0 Å². The van der Waals surface area contributed by atoms with Gasteiger partial charge in [-0.15, -0.1) is 0 Å². The molecule has 1 unspecified atom stereocenters. The lowest BCUT2D eigenvalue weighted by molar-refractivity contribution is -0.161. The lowest BCUT2D eigenvalue weighted by Gasteiger charge is -2.35. The van der Waals surface area contributed by atoms with Crippen LogP contribution in [0.3, 0.4) is 0 Å². The van der Waals surface area contributed by atoms with Gasteiger partial charge in [-0.1, -0.05) is 41.0 Å². The van der Waals surface area contributed by atoms with Crippen molar-refractivity contribution in [1.82, 2.24) is 0 Å². The van der Waals surface area contributed by atoms with Crippen LogP contribution in [0, 0.1) is 23.2 Å². The van der Waals surface area contributed by atoms with Crippen LogP contribution in [-0.4, -0.2) is 22.2 Å². The maximum Gasteiger partial charge on any atom is 0.318 e. The van der Waals surface area contributed by atoms with Gasteiger partial charge in [-0.25, -0.2) is 0 Å². The Bertz CT molecular complexity index is 282. The molecule has 0 saturated carbocycles. The Labute approximate surface area is 109 Å². The van der Waals surface area contributed by atoms with E-state index in [4.69, 9.17) is 0 Å². The first-order valence-electron chi connectivity index (χ1n) is 6.55. The fourth-order valence-electron chi connectivity index (χ4n) is 2.62. The average Bonchev–Trinajstić information content (AvgIpc) is 2.11. The molecular formula is C14H26O4. The number of carboxylic acids is 2. The van der Waals surface area contributed by atoms with E-state index in [0.717, 1.165) is 6.42 Å². The summed E-state index contributed by atoms with van der Waals surface area (Å²) in [6.07, 6.45) is 2.09. The van der Waals surface area contributed by atoms with Crippen molar-refractivity contribution in [3.8, 4) is 0 Å². The normalized spacial score (nSPS) is 15.1. The molecule has 0 heterocycles. The molecular weight excluding hydrogens is 232 g/mol. The Morgan fingerprint density at radius 1 is 1.00 bits per heavy atom. The third-order valence-electron chi connectivity index (χ3n) is 3.36. The second-order valence-electron chi connectivity index (χ2n) is 6.29. The summed E-state index contributed by atoms with van der Waals surface area (Å²) in [5.74, 6) is -3.05. The number of carbonyl (C=O) groups is 2. The third kappa shape index (κ3) is 5.07. The fourth-order valence-corrected chi connectivity index (χ4v) is 2.62. The van der Waals surface area contributed by atoms with E-state index in [1.807, 2.05) is 13.8 Å². The van der Waals surface area contributed by atoms with Crippen molar-refractivity contribution in [2.75, 3.05) is 0 Å². The molecule has 0 fully saturated rings. The second kappa shape index (κ2) is 6.76. The molecule has 0 aliphatic heterocycles. The number of hydrogen-bond acceptors (Lipinski definition) is 2. The summed E-state index contributed by atoms with van der Waals surface area (Å²) in [5, 5.41) is 18.4. The third-order valence-corrected chi connectivity index (χ3v) is 3.36. The molecule has 4 nitrogen and oxygen atoms in total. The van der Waals surface area contributed by atoms with E-state index in [0.29, 0.717) is 18.8 Å². The summed E-state index contributed by atoms with van der Waals surface area (Å²) < 4.78 is 0. The maximum absolute atomic E-state index is 11.2. The molecule has 18 heavy (non-hydrogen) atoms. The van der Waals surface area contributed by atoms with Crippen molar-refractivity contribution in [1.29, 1.82) is 0 Å². The van der Waals surface area contributed by atoms with Gasteiger partial charge in [0.2, 0.25) is 0 Å². The Hall–Kier alpha value is -1.06. The highest BCUT2D eigenvalue weighted by atomic mass is 16.4. The van der Waals surface area contributed by atoms with Gasteiger partial charge in [0.1, 0.15) is 0 Å². The van der Waals surface area contributed by atoms with E-state index in [2.05, 4.69) is 13.8 Å². The number of aliphatic carboxylic acids is 2. The summed E-state index contributed by atoms with van der Waals surface area (Å²) in [4.78, 5) is 22.5. The molecule has 106 valence electrons. The molecule has 0 aromatic rings. The molecule has 0 saturated heterocycles. The number of hydrogen-bond donors (Lipinski definition) is 2. The van der Waals surface area contributed by atoms with E-state index in [1.165, 1.54) is 0 Å². The summed E-state index contributed by atoms with van der Waals surface area (Å²) in [5.41, 5.74) is -0.684. The molecule has 1 atom stereocenters. The van der Waals surface area contributed by atoms with E-state index in [9.17, 15) is 19.8 Å². The maximum atomic E-state index is 11.2. The van der Waals surface area contributed by atoms with Crippen molar-refractivity contribution in [2.24, 2.45) is 23.2 Å². The molecule has 0 aromatic carbocycles. The van der Waals surface area contributed by atoms with Crippen LogP contribution in [-0.2, 0) is 9.59 Å². The highest BCUT2D eigenvalue weighted by molar-refractivity contribution is 5.93. The van der Waals surface area contributed by atoms with Crippen LogP contribution in [0.15, 0.2) is 0 Å². The summed E-state index contributed by atoms with van der Waals surface area (Å²) >= 11 is 0. The van der Waals surface area contributed by atoms with E-state index >= 15 is 0 Å². The van der Waals surface area contributed by atoms with Crippen molar-refractivity contribution in [3.63, 3.8) is 0 Å². The van der Waals surface area contributed by atoms with Crippen molar-refractivity contribution >= 4 is 11.9 Å². The molecule has 0 spiro atoms. The number of rotatable bonds is 8. The van der Waals surface area contributed by atoms with Gasteiger partial charge in [0.05, 0.1) is 0 Å². The van der Waals surface area contributed by atoms with E-state index in [-0.39, 0.29) is 5.92 Å². The zero-order chi connectivity index (χ0) is 14.5. The van der Waals surface area contributed by atoms with Crippen LogP contribution >= 0.6 is 0 Å². The molecule has 0 bridgehead atoms. The van der Waals surface area contributed by atoms with Gasteiger partial charge in [0.25, 0.3) is 0 Å².